The molecule has 1 aromatic carbocycles. The number of hydrogen-bond acceptors (Lipinski definition) is 5. The fraction of sp³-hybridized carbons (Fsp3) is 0.333. The fourth-order valence-electron chi connectivity index (χ4n) is 2.39. The van der Waals surface area contributed by atoms with Gasteiger partial charge in [0.25, 0.3) is 0 Å². The van der Waals surface area contributed by atoms with E-state index in [9.17, 15) is 12.8 Å². The quantitative estimate of drug-likeness (QED) is 0.893. The summed E-state index contributed by atoms with van der Waals surface area (Å²) in [5.74, 6) is 0.202. The highest BCUT2D eigenvalue weighted by molar-refractivity contribution is 7.91. The molecule has 0 spiro atoms. The molecule has 0 amide bonds. The van der Waals surface area contributed by atoms with E-state index in [4.69, 9.17) is 9.47 Å². The van der Waals surface area contributed by atoms with Crippen LogP contribution < -0.4 is 9.46 Å². The number of ether oxygens (including phenoxy) is 2. The van der Waals surface area contributed by atoms with Gasteiger partial charge < -0.3 is 9.47 Å². The van der Waals surface area contributed by atoms with E-state index in [-0.39, 0.29) is 23.4 Å². The molecule has 8 heteroatoms. The van der Waals surface area contributed by atoms with E-state index < -0.39 is 10.0 Å². The molecule has 0 aliphatic carbocycles. The van der Waals surface area contributed by atoms with Crippen LogP contribution in [0.3, 0.4) is 0 Å². The Morgan fingerprint density at radius 1 is 1.35 bits per heavy atom. The van der Waals surface area contributed by atoms with Crippen LogP contribution in [-0.2, 0) is 27.8 Å². The fourth-order valence-corrected chi connectivity index (χ4v) is 4.75. The molecular weight excluding hydrogens is 341 g/mol. The summed E-state index contributed by atoms with van der Waals surface area (Å²) in [6.45, 7) is 2.42. The van der Waals surface area contributed by atoms with Crippen molar-refractivity contribution in [2.45, 2.75) is 24.2 Å². The van der Waals surface area contributed by atoms with Gasteiger partial charge in [-0.2, -0.15) is 0 Å². The Morgan fingerprint density at radius 3 is 2.91 bits per heavy atom. The molecule has 124 valence electrons. The highest BCUT2D eigenvalue weighted by atomic mass is 32.2. The monoisotopic (exact) mass is 357 g/mol. The summed E-state index contributed by atoms with van der Waals surface area (Å²) in [5.41, 5.74) is 1.27. The highest BCUT2D eigenvalue weighted by Crippen LogP contribution is 2.29. The van der Waals surface area contributed by atoms with Crippen LogP contribution in [0.1, 0.15) is 16.0 Å². The number of fused-ring (bicyclic) bond motifs is 1. The minimum Gasteiger partial charge on any atom is -0.467 e. The Labute approximate surface area is 138 Å². The van der Waals surface area contributed by atoms with E-state index in [0.717, 1.165) is 4.88 Å². The molecule has 0 atom stereocenters. The largest absolute Gasteiger partial charge is 0.467 e. The van der Waals surface area contributed by atoms with Crippen molar-refractivity contribution >= 4 is 21.4 Å². The summed E-state index contributed by atoms with van der Waals surface area (Å²) >= 11 is 1.21. The molecule has 0 fully saturated rings. The maximum absolute atomic E-state index is 13.6. The maximum Gasteiger partial charge on any atom is 0.250 e. The molecule has 2 heterocycles. The van der Waals surface area contributed by atoms with E-state index in [2.05, 4.69) is 4.72 Å². The first kappa shape index (κ1) is 16.4. The molecule has 5 nitrogen and oxygen atoms in total. The molecule has 1 aliphatic heterocycles. The van der Waals surface area contributed by atoms with Crippen molar-refractivity contribution in [3.05, 3.63) is 46.1 Å². The predicted octanol–water partition coefficient (Wildman–Crippen LogP) is 2.58. The number of sulfonamides is 1. The molecule has 1 aromatic heterocycles. The lowest BCUT2D eigenvalue weighted by Gasteiger charge is -2.20. The van der Waals surface area contributed by atoms with Crippen molar-refractivity contribution in [3.63, 3.8) is 0 Å². The van der Waals surface area contributed by atoms with E-state index in [1.165, 1.54) is 23.5 Å². The summed E-state index contributed by atoms with van der Waals surface area (Å²) in [6, 6.07) is 6.08. The molecular formula is C15H16FNO4S2. The summed E-state index contributed by atoms with van der Waals surface area (Å²) in [4.78, 5) is 0.929. The minimum absolute atomic E-state index is 0.117. The summed E-state index contributed by atoms with van der Waals surface area (Å²) in [7, 11) is -3.53. The van der Waals surface area contributed by atoms with Gasteiger partial charge >= 0.3 is 0 Å². The number of halogens is 1. The van der Waals surface area contributed by atoms with Gasteiger partial charge in [0, 0.05) is 17.0 Å². The molecule has 23 heavy (non-hydrogen) atoms. The van der Waals surface area contributed by atoms with Crippen LogP contribution in [0.4, 0.5) is 4.39 Å². The number of rotatable bonds is 5. The van der Waals surface area contributed by atoms with Crippen LogP contribution in [0.2, 0.25) is 0 Å². The molecule has 0 bridgehead atoms. The van der Waals surface area contributed by atoms with Gasteiger partial charge in [0.1, 0.15) is 15.8 Å². The first-order valence-electron chi connectivity index (χ1n) is 7.04. The number of benzene rings is 1. The van der Waals surface area contributed by atoms with Gasteiger partial charge in [0.2, 0.25) is 10.0 Å². The lowest BCUT2D eigenvalue weighted by Crippen LogP contribution is -2.25. The zero-order chi connectivity index (χ0) is 16.4. The van der Waals surface area contributed by atoms with Gasteiger partial charge in [-0.05, 0) is 43.2 Å². The van der Waals surface area contributed by atoms with Gasteiger partial charge in [-0.1, -0.05) is 0 Å². The lowest BCUT2D eigenvalue weighted by atomic mass is 10.1. The number of nitrogens with one attached hydrogen (secondary N) is 1. The SMILES string of the molecule is Cc1ccc(S(=O)(=O)NCCc2cc(F)cc3c2OCOC3)s1. The molecule has 1 N–H and O–H groups in total. The van der Waals surface area contributed by atoms with Gasteiger partial charge in [-0.3, -0.25) is 0 Å². The van der Waals surface area contributed by atoms with Gasteiger partial charge in [-0.15, -0.1) is 11.3 Å². The smallest absolute Gasteiger partial charge is 0.250 e. The molecule has 0 saturated carbocycles. The van der Waals surface area contributed by atoms with Gasteiger partial charge in [0.05, 0.1) is 6.61 Å². The molecule has 3 rings (SSSR count). The Kier molecular flexibility index (Phi) is 4.67. The molecule has 1 aliphatic rings. The number of thiophene rings is 1. The maximum atomic E-state index is 13.6. The minimum atomic E-state index is -3.53. The van der Waals surface area contributed by atoms with Gasteiger partial charge in [-0.25, -0.2) is 17.5 Å². The predicted molar refractivity (Wildman–Crippen MR) is 84.6 cm³/mol. The number of aryl methyl sites for hydroxylation is 1. The standard InChI is InChI=1S/C15H16FNO4S2/c1-10-2-3-14(22-10)23(18,19)17-5-4-11-6-13(16)7-12-8-20-9-21-15(11)12/h2-3,6-7,17H,4-5,8-9H2,1H3. The van der Waals surface area contributed by atoms with Crippen molar-refractivity contribution in [1.82, 2.24) is 4.72 Å². The zero-order valence-corrected chi connectivity index (χ0v) is 14.1. The topological polar surface area (TPSA) is 64.6 Å². The first-order chi connectivity index (χ1) is 11.0. The Morgan fingerprint density at radius 2 is 2.17 bits per heavy atom. The first-order valence-corrected chi connectivity index (χ1v) is 9.33. The lowest BCUT2D eigenvalue weighted by molar-refractivity contribution is -0.0172. The molecule has 0 unspecified atom stereocenters. The van der Waals surface area contributed by atoms with Crippen LogP contribution in [0.5, 0.6) is 5.75 Å². The van der Waals surface area contributed by atoms with E-state index in [0.29, 0.717) is 29.9 Å². The normalized spacial score (nSPS) is 14.3. The third kappa shape index (κ3) is 3.72. The third-order valence-electron chi connectivity index (χ3n) is 3.42. The van der Waals surface area contributed by atoms with Crippen molar-refractivity contribution < 1.29 is 22.3 Å². The average Bonchev–Trinajstić information content (AvgIpc) is 2.94. The van der Waals surface area contributed by atoms with Crippen LogP contribution >= 0.6 is 11.3 Å². The van der Waals surface area contributed by atoms with Crippen molar-refractivity contribution in [3.8, 4) is 5.75 Å². The van der Waals surface area contributed by atoms with Gasteiger partial charge in [0.15, 0.2) is 6.79 Å². The number of hydrogen-bond donors (Lipinski definition) is 1. The van der Waals surface area contributed by atoms with E-state index >= 15 is 0 Å². The van der Waals surface area contributed by atoms with Crippen molar-refractivity contribution in [1.29, 1.82) is 0 Å². The molecule has 0 radical (unpaired) electrons. The molecule has 0 saturated heterocycles. The van der Waals surface area contributed by atoms with Crippen LogP contribution in [0, 0.1) is 12.7 Å². The second-order valence-corrected chi connectivity index (χ2v) is 8.46. The Balaban J connectivity index is 1.71. The third-order valence-corrected chi connectivity index (χ3v) is 6.37. The Hall–Kier alpha value is -1.48. The second kappa shape index (κ2) is 6.56. The average molecular weight is 357 g/mol. The highest BCUT2D eigenvalue weighted by Gasteiger charge is 2.19. The van der Waals surface area contributed by atoms with E-state index in [1.807, 2.05) is 6.92 Å². The zero-order valence-electron chi connectivity index (χ0n) is 12.5. The Bertz CT molecular complexity index is 817. The van der Waals surface area contributed by atoms with Crippen LogP contribution in [0.25, 0.3) is 0 Å². The summed E-state index contributed by atoms with van der Waals surface area (Å²) in [6.07, 6.45) is 0.337. The second-order valence-electron chi connectivity index (χ2n) is 5.18. The van der Waals surface area contributed by atoms with Crippen LogP contribution in [-0.4, -0.2) is 21.8 Å². The van der Waals surface area contributed by atoms with Crippen molar-refractivity contribution in [2.24, 2.45) is 0 Å². The van der Waals surface area contributed by atoms with Crippen LogP contribution in [0.15, 0.2) is 28.5 Å². The summed E-state index contributed by atoms with van der Waals surface area (Å²) < 4.78 is 51.3. The van der Waals surface area contributed by atoms with Crippen molar-refractivity contribution in [2.75, 3.05) is 13.3 Å². The summed E-state index contributed by atoms with van der Waals surface area (Å²) in [5, 5.41) is 0. The van der Waals surface area contributed by atoms with E-state index in [1.54, 1.807) is 12.1 Å². The molecule has 2 aromatic rings.